The number of carbonyl (C=O) groups is 1. The lowest BCUT2D eigenvalue weighted by molar-refractivity contribution is -0.670. The third-order valence-electron chi connectivity index (χ3n) is 7.00. The molecule has 7 rings (SSSR count). The van der Waals surface area contributed by atoms with E-state index >= 15 is 0 Å². The highest BCUT2D eigenvalue weighted by Crippen LogP contribution is 2.46. The molecule has 0 aliphatic carbocycles. The second kappa shape index (κ2) is 8.54. The zero-order chi connectivity index (χ0) is 24.4. The Morgan fingerprint density at radius 2 is 1.78 bits per heavy atom. The smallest absolute Gasteiger partial charge is 0.343 e. The molecule has 8 heteroatoms. The van der Waals surface area contributed by atoms with Gasteiger partial charge in [0.25, 0.3) is 0 Å². The van der Waals surface area contributed by atoms with Gasteiger partial charge < -0.3 is 18.9 Å². The van der Waals surface area contributed by atoms with Crippen LogP contribution >= 0.6 is 12.4 Å². The Balaban J connectivity index is 0.00000252. The molecule has 0 saturated heterocycles. The van der Waals surface area contributed by atoms with E-state index in [1.807, 2.05) is 18.3 Å². The summed E-state index contributed by atoms with van der Waals surface area (Å²) in [6.07, 6.45) is 2.88. The van der Waals surface area contributed by atoms with Gasteiger partial charge in [-0.2, -0.15) is 9.83 Å². The van der Waals surface area contributed by atoms with E-state index in [-0.39, 0.29) is 19.2 Å². The molecule has 0 atom stereocenters. The van der Waals surface area contributed by atoms with Crippen LogP contribution < -0.4 is 23.5 Å². The molecule has 182 valence electrons. The van der Waals surface area contributed by atoms with E-state index in [1.165, 1.54) is 5.56 Å². The van der Waals surface area contributed by atoms with Gasteiger partial charge in [-0.25, -0.2) is 4.79 Å². The fourth-order valence-electron chi connectivity index (χ4n) is 5.33. The Kier molecular flexibility index (Phi) is 5.28. The second-order valence-electron chi connectivity index (χ2n) is 8.86. The maximum Gasteiger partial charge on any atom is 0.343 e. The fourth-order valence-corrected chi connectivity index (χ4v) is 5.33. The summed E-state index contributed by atoms with van der Waals surface area (Å²) in [5, 5.41) is 14.0. The topological polar surface area (TPSA) is 81.7 Å². The van der Waals surface area contributed by atoms with Crippen LogP contribution in [0.2, 0.25) is 0 Å². The first-order valence-electron chi connectivity index (χ1n) is 11.6. The number of rotatable bonds is 3. The predicted octanol–water partition coefficient (Wildman–Crippen LogP) is 5.24. The van der Waals surface area contributed by atoms with Gasteiger partial charge in [-0.05, 0) is 60.2 Å². The average Bonchev–Trinajstić information content (AvgIpc) is 3.40. The molecule has 0 saturated carbocycles. The highest BCUT2D eigenvalue weighted by atomic mass is 35.5. The van der Waals surface area contributed by atoms with Crippen LogP contribution in [0.15, 0.2) is 60.8 Å². The standard InChI is InChI=1S/C29H19N2O5.ClH/c1-33-23-9-8-19-20-6-7-21-25-18(12-24-27(21)35-15-34-24)10-11-31(26(20)25)14-22(19)28(23)36-29(32)17-4-2-16(13-30)3-5-17;/h2-9,12,14H,10-11,15H2,1H3;1H/q+1;. The maximum atomic E-state index is 13.0. The quantitative estimate of drug-likeness (QED) is 0.143. The number of hydrogen-bond donors (Lipinski definition) is 0. The lowest BCUT2D eigenvalue weighted by Gasteiger charge is -2.18. The van der Waals surface area contributed by atoms with E-state index in [0.29, 0.717) is 22.6 Å². The molecule has 7 nitrogen and oxygen atoms in total. The van der Waals surface area contributed by atoms with Crippen LogP contribution in [0.25, 0.3) is 32.4 Å². The van der Waals surface area contributed by atoms with Crippen LogP contribution in [-0.2, 0) is 13.0 Å². The van der Waals surface area contributed by atoms with Crippen molar-refractivity contribution in [2.45, 2.75) is 13.0 Å². The third kappa shape index (κ3) is 3.34. The lowest BCUT2D eigenvalue weighted by atomic mass is 9.93. The minimum Gasteiger partial charge on any atom is -0.493 e. The summed E-state index contributed by atoms with van der Waals surface area (Å²) in [6.45, 7) is 1.01. The van der Waals surface area contributed by atoms with Crippen molar-refractivity contribution in [3.8, 4) is 29.1 Å². The number of hydrogen-bond acceptors (Lipinski definition) is 6. The molecule has 5 aromatic rings. The van der Waals surface area contributed by atoms with Crippen molar-refractivity contribution in [3.05, 3.63) is 77.5 Å². The molecule has 0 bridgehead atoms. The summed E-state index contributed by atoms with van der Waals surface area (Å²) in [6, 6.07) is 18.5. The van der Waals surface area contributed by atoms with Gasteiger partial charge in [0.1, 0.15) is 0 Å². The zero-order valence-corrected chi connectivity index (χ0v) is 20.6. The normalized spacial score (nSPS) is 13.0. The number of pyridine rings is 1. The number of aromatic nitrogens is 1. The molecular formula is C29H20ClN2O5+. The molecule has 0 N–H and O–H groups in total. The number of benzene rings is 4. The first kappa shape index (κ1) is 22.9. The number of nitriles is 1. The minimum atomic E-state index is -0.516. The number of carbonyl (C=O) groups excluding carboxylic acids is 1. The van der Waals surface area contributed by atoms with E-state index < -0.39 is 5.97 Å². The van der Waals surface area contributed by atoms with E-state index in [9.17, 15) is 4.79 Å². The van der Waals surface area contributed by atoms with Crippen molar-refractivity contribution >= 4 is 50.8 Å². The van der Waals surface area contributed by atoms with E-state index in [4.69, 9.17) is 24.2 Å². The lowest BCUT2D eigenvalue weighted by Crippen LogP contribution is -2.38. The van der Waals surface area contributed by atoms with Crippen LogP contribution in [0.5, 0.6) is 23.0 Å². The van der Waals surface area contributed by atoms with Crippen LogP contribution in [0.3, 0.4) is 0 Å². The van der Waals surface area contributed by atoms with Crippen molar-refractivity contribution in [2.75, 3.05) is 13.9 Å². The number of ether oxygens (including phenoxy) is 4. The first-order chi connectivity index (χ1) is 17.7. The molecule has 0 spiro atoms. The first-order valence-corrected chi connectivity index (χ1v) is 11.6. The molecule has 1 aromatic heterocycles. The molecule has 0 radical (unpaired) electrons. The molecule has 2 aliphatic rings. The number of methoxy groups -OCH3 is 1. The largest absolute Gasteiger partial charge is 0.493 e. The summed E-state index contributed by atoms with van der Waals surface area (Å²) in [7, 11) is 1.56. The number of aryl methyl sites for hydroxylation is 2. The molecule has 37 heavy (non-hydrogen) atoms. The van der Waals surface area contributed by atoms with Gasteiger partial charge in [-0.1, -0.05) is 0 Å². The highest BCUT2D eigenvalue weighted by molar-refractivity contribution is 6.17. The molecule has 2 aliphatic heterocycles. The Labute approximate surface area is 217 Å². The Hall–Kier alpha value is -4.54. The van der Waals surface area contributed by atoms with Gasteiger partial charge >= 0.3 is 5.97 Å². The molecular weight excluding hydrogens is 492 g/mol. The van der Waals surface area contributed by atoms with Crippen LogP contribution in [-0.4, -0.2) is 19.9 Å². The van der Waals surface area contributed by atoms with Crippen molar-refractivity contribution < 1.29 is 28.3 Å². The Morgan fingerprint density at radius 1 is 1.00 bits per heavy atom. The maximum absolute atomic E-state index is 13.0. The van der Waals surface area contributed by atoms with Crippen molar-refractivity contribution in [1.82, 2.24) is 0 Å². The fraction of sp³-hybridized carbons (Fsp3) is 0.138. The molecule has 4 aromatic carbocycles. The van der Waals surface area contributed by atoms with Gasteiger partial charge in [-0.3, -0.25) is 0 Å². The van der Waals surface area contributed by atoms with Crippen LogP contribution in [0.1, 0.15) is 21.5 Å². The summed E-state index contributed by atoms with van der Waals surface area (Å²) in [5.41, 5.74) is 3.19. The number of halogens is 1. The van der Waals surface area contributed by atoms with Gasteiger partial charge in [0.2, 0.25) is 12.3 Å². The van der Waals surface area contributed by atoms with Crippen molar-refractivity contribution in [3.63, 3.8) is 0 Å². The highest BCUT2D eigenvalue weighted by Gasteiger charge is 2.30. The number of fused-ring (bicyclic) bond motifs is 4. The Bertz CT molecular complexity index is 1810. The van der Waals surface area contributed by atoms with Gasteiger partial charge in [-0.15, -0.1) is 12.4 Å². The summed E-state index contributed by atoms with van der Waals surface area (Å²) < 4.78 is 25.2. The molecule has 0 fully saturated rings. The van der Waals surface area contributed by atoms with Crippen LogP contribution in [0, 0.1) is 11.3 Å². The van der Waals surface area contributed by atoms with Crippen molar-refractivity contribution in [2.24, 2.45) is 0 Å². The number of esters is 1. The minimum absolute atomic E-state index is 0. The number of nitrogens with zero attached hydrogens (tertiary/aromatic N) is 2. The molecule has 0 unspecified atom stereocenters. The van der Waals surface area contributed by atoms with Gasteiger partial charge in [0, 0.05) is 17.2 Å². The van der Waals surface area contributed by atoms with Crippen molar-refractivity contribution in [1.29, 1.82) is 5.26 Å². The summed E-state index contributed by atoms with van der Waals surface area (Å²) >= 11 is 0. The SMILES string of the molecule is COc1ccc2c(c[n+]3c4c2ccc2c5c(cc(c24)CC3)OCO5)c1OC(=O)c1ccc(C#N)cc1.Cl. The van der Waals surface area contributed by atoms with E-state index in [0.717, 1.165) is 56.9 Å². The van der Waals surface area contributed by atoms with E-state index in [2.05, 4.69) is 28.8 Å². The summed E-state index contributed by atoms with van der Waals surface area (Å²) in [5.74, 6) is 1.91. The summed E-state index contributed by atoms with van der Waals surface area (Å²) in [4.78, 5) is 13.0. The monoisotopic (exact) mass is 511 g/mol. The zero-order valence-electron chi connectivity index (χ0n) is 19.7. The van der Waals surface area contributed by atoms with E-state index in [1.54, 1.807) is 31.4 Å². The van der Waals surface area contributed by atoms with Gasteiger partial charge in [0.05, 0.1) is 40.5 Å². The average molecular weight is 512 g/mol. The molecule has 3 heterocycles. The second-order valence-corrected chi connectivity index (χ2v) is 8.86. The predicted molar refractivity (Wildman–Crippen MR) is 139 cm³/mol. The molecule has 0 amide bonds. The van der Waals surface area contributed by atoms with Gasteiger partial charge in [0.15, 0.2) is 35.7 Å². The third-order valence-corrected chi connectivity index (χ3v) is 7.00. The van der Waals surface area contributed by atoms with Crippen LogP contribution in [0.4, 0.5) is 0 Å². The Morgan fingerprint density at radius 3 is 2.57 bits per heavy atom.